The van der Waals surface area contributed by atoms with Gasteiger partial charge in [0, 0.05) is 0 Å². The van der Waals surface area contributed by atoms with E-state index < -0.39 is 0 Å². The molecule has 2 aliphatic rings. The minimum atomic E-state index is -0.267. The van der Waals surface area contributed by atoms with E-state index in [2.05, 4.69) is 19.1 Å². The van der Waals surface area contributed by atoms with Crippen LogP contribution in [0.4, 0.5) is 4.39 Å². The molecule has 3 rings (SSSR count). The van der Waals surface area contributed by atoms with E-state index in [0.717, 1.165) is 23.3 Å². The lowest BCUT2D eigenvalue weighted by molar-refractivity contribution is 0.246. The van der Waals surface area contributed by atoms with E-state index >= 15 is 0 Å². The van der Waals surface area contributed by atoms with Crippen molar-refractivity contribution in [2.45, 2.75) is 89.9 Å². The smallest absolute Gasteiger partial charge is 0.142 e. The van der Waals surface area contributed by atoms with Crippen LogP contribution in [0.5, 0.6) is 0 Å². The SMILES string of the molecule is CCC/C=C/[C@H]1CC[C@H](CCC2CCC(c3ccc(Cl)c(F)c3)CC2)CC1. The van der Waals surface area contributed by atoms with Crippen LogP contribution in [-0.4, -0.2) is 0 Å². The lowest BCUT2D eigenvalue weighted by Gasteiger charge is -2.31. The van der Waals surface area contributed by atoms with Crippen molar-refractivity contribution >= 4 is 11.6 Å². The van der Waals surface area contributed by atoms with Crippen molar-refractivity contribution < 1.29 is 4.39 Å². The molecule has 2 saturated carbocycles. The molecule has 2 fully saturated rings. The van der Waals surface area contributed by atoms with Gasteiger partial charge < -0.3 is 0 Å². The molecule has 0 bridgehead atoms. The van der Waals surface area contributed by atoms with Crippen LogP contribution in [-0.2, 0) is 0 Å². The zero-order valence-corrected chi connectivity index (χ0v) is 17.7. The van der Waals surface area contributed by atoms with Crippen LogP contribution in [0.3, 0.4) is 0 Å². The van der Waals surface area contributed by atoms with Crippen LogP contribution in [0.2, 0.25) is 5.02 Å². The Balaban J connectivity index is 1.35. The summed E-state index contributed by atoms with van der Waals surface area (Å²) in [4.78, 5) is 0. The number of hydrogen-bond donors (Lipinski definition) is 0. The summed E-state index contributed by atoms with van der Waals surface area (Å²) in [6.07, 6.45) is 20.9. The Bertz CT molecular complexity index is 592. The minimum Gasteiger partial charge on any atom is -0.205 e. The topological polar surface area (TPSA) is 0 Å². The van der Waals surface area contributed by atoms with Crippen LogP contribution >= 0.6 is 11.6 Å². The zero-order valence-electron chi connectivity index (χ0n) is 16.9. The number of halogens is 2. The third kappa shape index (κ3) is 6.34. The Kier molecular flexibility index (Phi) is 8.24. The molecule has 0 nitrogen and oxygen atoms in total. The third-order valence-corrected chi connectivity index (χ3v) is 7.31. The van der Waals surface area contributed by atoms with Crippen LogP contribution in [0, 0.1) is 23.6 Å². The van der Waals surface area contributed by atoms with Gasteiger partial charge in [-0.1, -0.05) is 56.0 Å². The highest BCUT2D eigenvalue weighted by atomic mass is 35.5. The predicted molar refractivity (Wildman–Crippen MR) is 115 cm³/mol. The van der Waals surface area contributed by atoms with Crippen LogP contribution < -0.4 is 0 Å². The van der Waals surface area contributed by atoms with Gasteiger partial charge in [-0.3, -0.25) is 0 Å². The highest BCUT2D eigenvalue weighted by molar-refractivity contribution is 6.30. The molecule has 0 spiro atoms. The third-order valence-electron chi connectivity index (χ3n) is 7.00. The number of benzene rings is 1. The first-order valence-electron chi connectivity index (χ1n) is 11.3. The van der Waals surface area contributed by atoms with Crippen LogP contribution in [0.1, 0.15) is 95.5 Å². The quantitative estimate of drug-likeness (QED) is 0.408. The van der Waals surface area contributed by atoms with Crippen molar-refractivity contribution in [1.82, 2.24) is 0 Å². The Morgan fingerprint density at radius 2 is 1.59 bits per heavy atom. The molecular weight excluding hydrogens is 355 g/mol. The molecule has 2 heteroatoms. The molecule has 0 radical (unpaired) electrons. The molecule has 150 valence electrons. The first-order valence-corrected chi connectivity index (χ1v) is 11.6. The van der Waals surface area contributed by atoms with Gasteiger partial charge in [0.25, 0.3) is 0 Å². The largest absolute Gasteiger partial charge is 0.205 e. The molecule has 0 amide bonds. The molecule has 0 aromatic heterocycles. The maximum absolute atomic E-state index is 13.7. The van der Waals surface area contributed by atoms with E-state index in [4.69, 9.17) is 11.6 Å². The molecular formula is C25H36ClF. The molecule has 0 saturated heterocycles. The average Bonchev–Trinajstić information content (AvgIpc) is 2.70. The van der Waals surface area contributed by atoms with E-state index in [-0.39, 0.29) is 10.8 Å². The van der Waals surface area contributed by atoms with Crippen molar-refractivity contribution in [3.8, 4) is 0 Å². The van der Waals surface area contributed by atoms with Crippen molar-refractivity contribution in [1.29, 1.82) is 0 Å². The molecule has 0 N–H and O–H groups in total. The number of rotatable bonds is 7. The lowest BCUT2D eigenvalue weighted by Crippen LogP contribution is -2.17. The van der Waals surface area contributed by atoms with Crippen molar-refractivity contribution in [2.75, 3.05) is 0 Å². The van der Waals surface area contributed by atoms with Gasteiger partial charge in [0.05, 0.1) is 5.02 Å². The van der Waals surface area contributed by atoms with Gasteiger partial charge in [-0.2, -0.15) is 0 Å². The monoisotopic (exact) mass is 390 g/mol. The standard InChI is InChI=1S/C25H36ClF/c1-2-3-4-5-19-6-8-20(9-7-19)10-11-21-12-14-22(15-13-21)23-16-17-24(26)25(27)18-23/h4-5,16-22H,2-3,6-15H2,1H3/b5-4+/t19-,20-,21?,22?. The van der Waals surface area contributed by atoms with Gasteiger partial charge in [0.15, 0.2) is 0 Å². The fraction of sp³-hybridized carbons (Fsp3) is 0.680. The fourth-order valence-corrected chi connectivity index (χ4v) is 5.26. The highest BCUT2D eigenvalue weighted by Gasteiger charge is 2.25. The summed E-state index contributed by atoms with van der Waals surface area (Å²) in [7, 11) is 0. The van der Waals surface area contributed by atoms with Crippen LogP contribution in [0.25, 0.3) is 0 Å². The average molecular weight is 391 g/mol. The number of hydrogen-bond acceptors (Lipinski definition) is 0. The summed E-state index contributed by atoms with van der Waals surface area (Å²) in [5, 5.41) is 0.239. The summed E-state index contributed by atoms with van der Waals surface area (Å²) in [5.74, 6) is 2.96. The number of unbranched alkanes of at least 4 members (excludes halogenated alkanes) is 1. The molecule has 0 heterocycles. The molecule has 1 aromatic rings. The van der Waals surface area contributed by atoms with Crippen molar-refractivity contribution in [2.24, 2.45) is 17.8 Å². The molecule has 27 heavy (non-hydrogen) atoms. The van der Waals surface area contributed by atoms with Gasteiger partial charge in [0.2, 0.25) is 0 Å². The predicted octanol–water partition coefficient (Wildman–Crippen LogP) is 8.70. The maximum Gasteiger partial charge on any atom is 0.142 e. The van der Waals surface area contributed by atoms with Gasteiger partial charge in [-0.25, -0.2) is 4.39 Å². The Labute approximate surface area is 170 Å². The lowest BCUT2D eigenvalue weighted by atomic mass is 9.74. The normalized spacial score (nSPS) is 29.3. The highest BCUT2D eigenvalue weighted by Crippen LogP contribution is 2.40. The number of allylic oxidation sites excluding steroid dienone is 2. The molecule has 0 aliphatic heterocycles. The van der Waals surface area contributed by atoms with E-state index in [1.165, 1.54) is 77.0 Å². The van der Waals surface area contributed by atoms with E-state index in [1.54, 1.807) is 12.1 Å². The molecule has 1 aromatic carbocycles. The summed E-state index contributed by atoms with van der Waals surface area (Å²) >= 11 is 5.82. The summed E-state index contributed by atoms with van der Waals surface area (Å²) in [6, 6.07) is 5.39. The minimum absolute atomic E-state index is 0.239. The first kappa shape index (κ1) is 20.9. The molecule has 0 unspecified atom stereocenters. The second-order valence-electron chi connectivity index (χ2n) is 8.97. The Hall–Kier alpha value is -0.820. The van der Waals surface area contributed by atoms with E-state index in [1.807, 2.05) is 6.07 Å². The summed E-state index contributed by atoms with van der Waals surface area (Å²) in [5.41, 5.74) is 1.14. The van der Waals surface area contributed by atoms with E-state index in [9.17, 15) is 4.39 Å². The molecule has 2 aliphatic carbocycles. The Morgan fingerprint density at radius 3 is 2.19 bits per heavy atom. The summed E-state index contributed by atoms with van der Waals surface area (Å²) < 4.78 is 13.7. The van der Waals surface area contributed by atoms with Gasteiger partial charge >= 0.3 is 0 Å². The Morgan fingerprint density at radius 1 is 0.963 bits per heavy atom. The molecule has 0 atom stereocenters. The fourth-order valence-electron chi connectivity index (χ4n) is 5.15. The van der Waals surface area contributed by atoms with Gasteiger partial charge in [0.1, 0.15) is 5.82 Å². The maximum atomic E-state index is 13.7. The zero-order chi connectivity index (χ0) is 19.1. The van der Waals surface area contributed by atoms with Crippen molar-refractivity contribution in [3.05, 3.63) is 46.8 Å². The second-order valence-corrected chi connectivity index (χ2v) is 9.37. The van der Waals surface area contributed by atoms with Gasteiger partial charge in [-0.05, 0) is 99.2 Å². The van der Waals surface area contributed by atoms with Gasteiger partial charge in [-0.15, -0.1) is 0 Å². The first-order chi connectivity index (χ1) is 13.2. The van der Waals surface area contributed by atoms with E-state index in [0.29, 0.717) is 5.92 Å². The second kappa shape index (κ2) is 10.6. The summed E-state index contributed by atoms with van der Waals surface area (Å²) in [6.45, 7) is 2.25. The van der Waals surface area contributed by atoms with Crippen LogP contribution in [0.15, 0.2) is 30.4 Å². The van der Waals surface area contributed by atoms with Crippen molar-refractivity contribution in [3.63, 3.8) is 0 Å².